The molecule has 0 spiro atoms. The maximum Gasteiger partial charge on any atom is 0.159 e. The summed E-state index contributed by atoms with van der Waals surface area (Å²) < 4.78 is 0. The van der Waals surface area contributed by atoms with Crippen molar-refractivity contribution in [2.45, 2.75) is 39.2 Å². The van der Waals surface area contributed by atoms with Gasteiger partial charge in [0.25, 0.3) is 0 Å². The van der Waals surface area contributed by atoms with Gasteiger partial charge in [0, 0.05) is 12.4 Å². The Hall–Kier alpha value is -0.960. The lowest BCUT2D eigenvalue weighted by Gasteiger charge is -2.22. The lowest BCUT2D eigenvalue weighted by Crippen LogP contribution is -2.26. The zero-order valence-electron chi connectivity index (χ0n) is 8.41. The predicted molar refractivity (Wildman–Crippen MR) is 51.2 cm³/mol. The number of nitrogens with zero attached hydrogens (tertiary/aromatic N) is 2. The molecule has 1 aromatic rings. The van der Waals surface area contributed by atoms with E-state index < -0.39 is 5.60 Å². The van der Waals surface area contributed by atoms with Crippen molar-refractivity contribution >= 4 is 0 Å². The summed E-state index contributed by atoms with van der Waals surface area (Å²) in [6.45, 7) is 5.81. The van der Waals surface area contributed by atoms with Crippen LogP contribution in [0.2, 0.25) is 0 Å². The van der Waals surface area contributed by atoms with Gasteiger partial charge in [0.15, 0.2) is 5.82 Å². The molecule has 1 N–H and O–H groups in total. The molecule has 0 saturated heterocycles. The molecule has 1 rings (SSSR count). The third-order valence-corrected chi connectivity index (χ3v) is 2.37. The Bertz CT molecular complexity index is 265. The molecule has 0 atom stereocenters. The molecule has 0 radical (unpaired) electrons. The van der Waals surface area contributed by atoms with Crippen LogP contribution in [-0.4, -0.2) is 15.1 Å². The van der Waals surface area contributed by atoms with Gasteiger partial charge < -0.3 is 5.11 Å². The fourth-order valence-corrected chi connectivity index (χ4v) is 1.20. The minimum Gasteiger partial charge on any atom is -0.382 e. The Morgan fingerprint density at radius 1 is 1.23 bits per heavy atom. The number of aromatic nitrogens is 2. The molecule has 3 nitrogen and oxygen atoms in total. The molecule has 1 heterocycles. The quantitative estimate of drug-likeness (QED) is 0.771. The number of hydrogen-bond acceptors (Lipinski definition) is 3. The number of rotatable bonds is 3. The largest absolute Gasteiger partial charge is 0.382 e. The average Bonchev–Trinajstić information content (AvgIpc) is 2.18. The Labute approximate surface area is 78.9 Å². The van der Waals surface area contributed by atoms with E-state index in [0.717, 1.165) is 5.56 Å². The summed E-state index contributed by atoms with van der Waals surface area (Å²) in [5.74, 6) is 0.531. The van der Waals surface area contributed by atoms with Crippen molar-refractivity contribution in [2.75, 3.05) is 0 Å². The highest BCUT2D eigenvalue weighted by Gasteiger charge is 2.27. The summed E-state index contributed by atoms with van der Waals surface area (Å²) >= 11 is 0. The van der Waals surface area contributed by atoms with Crippen LogP contribution in [0.1, 0.15) is 38.1 Å². The summed E-state index contributed by atoms with van der Waals surface area (Å²) in [7, 11) is 0. The first-order chi connectivity index (χ1) is 6.12. The van der Waals surface area contributed by atoms with Crippen LogP contribution >= 0.6 is 0 Å². The third-order valence-electron chi connectivity index (χ3n) is 2.37. The Kier molecular flexibility index (Phi) is 2.98. The molecule has 0 unspecified atom stereocenters. The first kappa shape index (κ1) is 10.1. The second kappa shape index (κ2) is 3.83. The van der Waals surface area contributed by atoms with Gasteiger partial charge in [-0.1, -0.05) is 13.8 Å². The molecule has 0 fully saturated rings. The van der Waals surface area contributed by atoms with Crippen LogP contribution in [0.4, 0.5) is 0 Å². The van der Waals surface area contributed by atoms with E-state index in [4.69, 9.17) is 0 Å². The van der Waals surface area contributed by atoms with Crippen molar-refractivity contribution in [1.29, 1.82) is 0 Å². The molecule has 3 heteroatoms. The second-order valence-corrected chi connectivity index (χ2v) is 3.32. The van der Waals surface area contributed by atoms with Gasteiger partial charge in [0.05, 0.1) is 0 Å². The zero-order valence-corrected chi connectivity index (χ0v) is 8.41. The average molecular weight is 180 g/mol. The summed E-state index contributed by atoms with van der Waals surface area (Å²) in [4.78, 5) is 8.26. The Morgan fingerprint density at radius 2 is 1.69 bits per heavy atom. The van der Waals surface area contributed by atoms with Crippen molar-refractivity contribution in [2.24, 2.45) is 0 Å². The second-order valence-electron chi connectivity index (χ2n) is 3.32. The van der Waals surface area contributed by atoms with Gasteiger partial charge in [-0.2, -0.15) is 0 Å². The maximum atomic E-state index is 10.1. The molecule has 0 bridgehead atoms. The first-order valence-electron chi connectivity index (χ1n) is 4.64. The fraction of sp³-hybridized carbons (Fsp3) is 0.600. The molecule has 0 aliphatic carbocycles. The van der Waals surface area contributed by atoms with Gasteiger partial charge in [0.1, 0.15) is 5.60 Å². The van der Waals surface area contributed by atoms with Crippen molar-refractivity contribution in [3.05, 3.63) is 23.8 Å². The van der Waals surface area contributed by atoms with E-state index in [1.165, 1.54) is 0 Å². The van der Waals surface area contributed by atoms with E-state index in [9.17, 15) is 5.11 Å². The van der Waals surface area contributed by atoms with E-state index in [2.05, 4.69) is 9.97 Å². The smallest absolute Gasteiger partial charge is 0.159 e. The van der Waals surface area contributed by atoms with Crippen LogP contribution in [0.15, 0.2) is 12.4 Å². The van der Waals surface area contributed by atoms with Crippen LogP contribution in [0, 0.1) is 6.92 Å². The molecular weight excluding hydrogens is 164 g/mol. The highest BCUT2D eigenvalue weighted by Crippen LogP contribution is 2.24. The molecule has 0 amide bonds. The van der Waals surface area contributed by atoms with Gasteiger partial charge in [-0.05, 0) is 25.3 Å². The number of aliphatic hydroxyl groups is 1. The van der Waals surface area contributed by atoms with E-state index in [1.807, 2.05) is 20.8 Å². The van der Waals surface area contributed by atoms with Crippen molar-refractivity contribution in [3.63, 3.8) is 0 Å². The molecule has 1 aromatic heterocycles. The van der Waals surface area contributed by atoms with Gasteiger partial charge in [0.2, 0.25) is 0 Å². The summed E-state index contributed by atoms with van der Waals surface area (Å²) in [6.07, 6.45) is 4.76. The van der Waals surface area contributed by atoms with Crippen LogP contribution in [-0.2, 0) is 5.60 Å². The Balaban J connectivity index is 2.99. The number of hydrogen-bond donors (Lipinski definition) is 1. The normalized spacial score (nSPS) is 11.7. The monoisotopic (exact) mass is 180 g/mol. The van der Waals surface area contributed by atoms with Crippen LogP contribution in [0.3, 0.4) is 0 Å². The van der Waals surface area contributed by atoms with Gasteiger partial charge in [-0.3, -0.25) is 0 Å². The lowest BCUT2D eigenvalue weighted by atomic mass is 9.96. The van der Waals surface area contributed by atoms with Gasteiger partial charge in [-0.15, -0.1) is 0 Å². The van der Waals surface area contributed by atoms with Crippen molar-refractivity contribution < 1.29 is 5.11 Å². The van der Waals surface area contributed by atoms with E-state index >= 15 is 0 Å². The molecular formula is C10H16N2O. The van der Waals surface area contributed by atoms with Crippen LogP contribution in [0.5, 0.6) is 0 Å². The summed E-state index contributed by atoms with van der Waals surface area (Å²) in [5.41, 5.74) is 0.159. The van der Waals surface area contributed by atoms with Gasteiger partial charge in [-0.25, -0.2) is 9.97 Å². The van der Waals surface area contributed by atoms with Crippen LogP contribution in [0.25, 0.3) is 0 Å². The van der Waals surface area contributed by atoms with E-state index in [1.54, 1.807) is 12.4 Å². The molecule has 72 valence electrons. The first-order valence-corrected chi connectivity index (χ1v) is 4.64. The third kappa shape index (κ3) is 2.04. The minimum atomic E-state index is -0.853. The predicted octanol–water partition coefficient (Wildman–Crippen LogP) is 1.79. The summed E-state index contributed by atoms with van der Waals surface area (Å²) in [5, 5.41) is 10.1. The Morgan fingerprint density at radius 3 is 2.08 bits per heavy atom. The molecule has 0 aliphatic rings. The fourth-order valence-electron chi connectivity index (χ4n) is 1.20. The number of aryl methyl sites for hydroxylation is 1. The van der Waals surface area contributed by atoms with E-state index in [-0.39, 0.29) is 0 Å². The zero-order chi connectivity index (χ0) is 9.90. The SMILES string of the molecule is CCC(O)(CC)c1ncc(C)cn1. The molecule has 0 saturated carbocycles. The van der Waals surface area contributed by atoms with Crippen molar-refractivity contribution in [1.82, 2.24) is 9.97 Å². The van der Waals surface area contributed by atoms with E-state index in [0.29, 0.717) is 18.7 Å². The van der Waals surface area contributed by atoms with Crippen molar-refractivity contribution in [3.8, 4) is 0 Å². The topological polar surface area (TPSA) is 46.0 Å². The minimum absolute atomic E-state index is 0.531. The van der Waals surface area contributed by atoms with Gasteiger partial charge >= 0.3 is 0 Å². The highest BCUT2D eigenvalue weighted by molar-refractivity contribution is 5.07. The molecule has 13 heavy (non-hydrogen) atoms. The standard InChI is InChI=1S/C10H16N2O/c1-4-10(13,5-2)9-11-6-8(3)7-12-9/h6-7,13H,4-5H2,1-3H3. The molecule has 0 aliphatic heterocycles. The van der Waals surface area contributed by atoms with Crippen LogP contribution < -0.4 is 0 Å². The lowest BCUT2D eigenvalue weighted by molar-refractivity contribution is 0.0192. The maximum absolute atomic E-state index is 10.1. The summed E-state index contributed by atoms with van der Waals surface area (Å²) in [6, 6.07) is 0. The molecule has 0 aromatic carbocycles. The highest BCUT2D eigenvalue weighted by atomic mass is 16.3.